The standard InChI is InChI=1S/C11H11BrFNO/c1-3-7(2)14-11(15)8-4-5-9(12)10(13)6-8/h3-7H,1H2,2H3,(H,14,15). The van der Waals surface area contributed by atoms with Gasteiger partial charge in [-0.3, -0.25) is 4.79 Å². The van der Waals surface area contributed by atoms with Gasteiger partial charge in [0, 0.05) is 11.6 Å². The first-order valence-electron chi connectivity index (χ1n) is 4.43. The van der Waals surface area contributed by atoms with Crippen LogP contribution in [0.15, 0.2) is 35.3 Å². The smallest absolute Gasteiger partial charge is 0.251 e. The lowest BCUT2D eigenvalue weighted by Gasteiger charge is -2.09. The Morgan fingerprint density at radius 1 is 1.67 bits per heavy atom. The van der Waals surface area contributed by atoms with Crippen LogP contribution in [0.25, 0.3) is 0 Å². The average molecular weight is 272 g/mol. The van der Waals surface area contributed by atoms with Gasteiger partial charge in [0.2, 0.25) is 0 Å². The molecule has 0 aliphatic rings. The first kappa shape index (κ1) is 11.9. The zero-order valence-corrected chi connectivity index (χ0v) is 9.84. The van der Waals surface area contributed by atoms with E-state index in [1.165, 1.54) is 12.1 Å². The van der Waals surface area contributed by atoms with E-state index in [9.17, 15) is 9.18 Å². The molecule has 4 heteroatoms. The molecule has 15 heavy (non-hydrogen) atoms. The van der Waals surface area contributed by atoms with Crippen molar-refractivity contribution in [3.63, 3.8) is 0 Å². The second-order valence-electron chi connectivity index (χ2n) is 3.13. The summed E-state index contributed by atoms with van der Waals surface area (Å²) in [5.41, 5.74) is 0.296. The van der Waals surface area contributed by atoms with Crippen LogP contribution in [0.2, 0.25) is 0 Å². The molecule has 0 bridgehead atoms. The highest BCUT2D eigenvalue weighted by Crippen LogP contribution is 2.16. The van der Waals surface area contributed by atoms with E-state index in [2.05, 4.69) is 27.8 Å². The Labute approximate surface area is 96.3 Å². The van der Waals surface area contributed by atoms with Crippen LogP contribution in [0.4, 0.5) is 4.39 Å². The van der Waals surface area contributed by atoms with Crippen molar-refractivity contribution in [2.45, 2.75) is 13.0 Å². The van der Waals surface area contributed by atoms with Gasteiger partial charge < -0.3 is 5.32 Å². The monoisotopic (exact) mass is 271 g/mol. The largest absolute Gasteiger partial charge is 0.346 e. The van der Waals surface area contributed by atoms with E-state index >= 15 is 0 Å². The van der Waals surface area contributed by atoms with Crippen LogP contribution in [0.5, 0.6) is 0 Å². The third kappa shape index (κ3) is 3.16. The summed E-state index contributed by atoms with van der Waals surface area (Å²) in [6, 6.07) is 4.11. The molecule has 0 saturated heterocycles. The van der Waals surface area contributed by atoms with E-state index < -0.39 is 5.82 Å². The molecule has 80 valence electrons. The molecular weight excluding hydrogens is 261 g/mol. The molecule has 0 fully saturated rings. The minimum Gasteiger partial charge on any atom is -0.346 e. The Balaban J connectivity index is 2.83. The predicted octanol–water partition coefficient (Wildman–Crippen LogP) is 2.89. The third-order valence-corrected chi connectivity index (χ3v) is 2.54. The van der Waals surface area contributed by atoms with Gasteiger partial charge in [0.1, 0.15) is 5.82 Å². The van der Waals surface area contributed by atoms with Crippen molar-refractivity contribution in [1.82, 2.24) is 5.32 Å². The second-order valence-corrected chi connectivity index (χ2v) is 3.98. The van der Waals surface area contributed by atoms with Crippen LogP contribution in [-0.2, 0) is 0 Å². The van der Waals surface area contributed by atoms with Gasteiger partial charge in [-0.1, -0.05) is 6.08 Å². The summed E-state index contributed by atoms with van der Waals surface area (Å²) < 4.78 is 13.5. The van der Waals surface area contributed by atoms with Crippen LogP contribution in [0, 0.1) is 5.82 Å². The number of nitrogens with one attached hydrogen (secondary N) is 1. The van der Waals surface area contributed by atoms with E-state index in [4.69, 9.17) is 0 Å². The Hall–Kier alpha value is -1.16. The number of benzene rings is 1. The van der Waals surface area contributed by atoms with Crippen molar-refractivity contribution in [1.29, 1.82) is 0 Å². The summed E-state index contributed by atoms with van der Waals surface area (Å²) in [6.07, 6.45) is 1.60. The van der Waals surface area contributed by atoms with Crippen molar-refractivity contribution in [3.05, 3.63) is 46.7 Å². The zero-order valence-electron chi connectivity index (χ0n) is 8.26. The Morgan fingerprint density at radius 3 is 2.87 bits per heavy atom. The molecule has 1 atom stereocenters. The summed E-state index contributed by atoms with van der Waals surface area (Å²) in [5, 5.41) is 2.65. The van der Waals surface area contributed by atoms with E-state index in [1.807, 2.05) is 0 Å². The van der Waals surface area contributed by atoms with Crippen LogP contribution >= 0.6 is 15.9 Å². The summed E-state index contributed by atoms with van der Waals surface area (Å²) in [6.45, 7) is 5.33. The van der Waals surface area contributed by atoms with Crippen molar-refractivity contribution < 1.29 is 9.18 Å². The van der Waals surface area contributed by atoms with Gasteiger partial charge in [0.25, 0.3) is 5.91 Å². The number of hydrogen-bond donors (Lipinski definition) is 1. The van der Waals surface area contributed by atoms with Crippen LogP contribution < -0.4 is 5.32 Å². The molecule has 1 aromatic rings. The third-order valence-electron chi connectivity index (χ3n) is 1.89. The van der Waals surface area contributed by atoms with Gasteiger partial charge in [0.05, 0.1) is 4.47 Å². The minimum atomic E-state index is -0.450. The topological polar surface area (TPSA) is 29.1 Å². The fourth-order valence-corrected chi connectivity index (χ4v) is 1.23. The average Bonchev–Trinajstić information content (AvgIpc) is 2.21. The number of carbonyl (C=O) groups excluding carboxylic acids is 1. The number of hydrogen-bond acceptors (Lipinski definition) is 1. The SMILES string of the molecule is C=CC(C)NC(=O)c1ccc(Br)c(F)c1. The molecule has 1 rings (SSSR count). The molecule has 0 saturated carbocycles. The van der Waals surface area contributed by atoms with Gasteiger partial charge in [-0.15, -0.1) is 6.58 Å². The van der Waals surface area contributed by atoms with Gasteiger partial charge in [-0.25, -0.2) is 4.39 Å². The molecule has 1 unspecified atom stereocenters. The molecule has 2 nitrogen and oxygen atoms in total. The van der Waals surface area contributed by atoms with Crippen LogP contribution in [0.1, 0.15) is 17.3 Å². The normalized spacial score (nSPS) is 11.9. The molecular formula is C11H11BrFNO. The van der Waals surface area contributed by atoms with Crippen molar-refractivity contribution >= 4 is 21.8 Å². The number of amides is 1. The van der Waals surface area contributed by atoms with Crippen molar-refractivity contribution in [2.75, 3.05) is 0 Å². The summed E-state index contributed by atoms with van der Waals surface area (Å²) in [5.74, 6) is -0.761. The van der Waals surface area contributed by atoms with E-state index in [0.29, 0.717) is 10.0 Å². The minimum absolute atomic E-state index is 0.135. The fraction of sp³-hybridized carbons (Fsp3) is 0.182. The van der Waals surface area contributed by atoms with E-state index in [1.54, 1.807) is 19.1 Å². The molecule has 0 aromatic heterocycles. The molecule has 0 radical (unpaired) electrons. The van der Waals surface area contributed by atoms with Gasteiger partial charge in [-0.2, -0.15) is 0 Å². The number of halogens is 2. The molecule has 0 aliphatic carbocycles. The lowest BCUT2D eigenvalue weighted by atomic mass is 10.2. The molecule has 1 aromatic carbocycles. The van der Waals surface area contributed by atoms with Gasteiger partial charge in [0.15, 0.2) is 0 Å². The maximum absolute atomic E-state index is 13.1. The maximum atomic E-state index is 13.1. The molecule has 0 heterocycles. The molecule has 0 aliphatic heterocycles. The first-order valence-corrected chi connectivity index (χ1v) is 5.22. The van der Waals surface area contributed by atoms with Gasteiger partial charge >= 0.3 is 0 Å². The van der Waals surface area contributed by atoms with E-state index in [-0.39, 0.29) is 11.9 Å². The Kier molecular flexibility index (Phi) is 4.03. The van der Waals surface area contributed by atoms with Crippen molar-refractivity contribution in [2.24, 2.45) is 0 Å². The van der Waals surface area contributed by atoms with Crippen molar-refractivity contribution in [3.8, 4) is 0 Å². The Morgan fingerprint density at radius 2 is 2.33 bits per heavy atom. The molecule has 1 amide bonds. The quantitative estimate of drug-likeness (QED) is 0.842. The fourth-order valence-electron chi connectivity index (χ4n) is 0.986. The highest BCUT2D eigenvalue weighted by Gasteiger charge is 2.09. The van der Waals surface area contributed by atoms with Crippen LogP contribution in [0.3, 0.4) is 0 Å². The highest BCUT2D eigenvalue weighted by molar-refractivity contribution is 9.10. The summed E-state index contributed by atoms with van der Waals surface area (Å²) in [7, 11) is 0. The number of carbonyl (C=O) groups is 1. The predicted molar refractivity (Wildman–Crippen MR) is 61.2 cm³/mol. The maximum Gasteiger partial charge on any atom is 0.251 e. The lowest BCUT2D eigenvalue weighted by molar-refractivity contribution is 0.0946. The first-order chi connectivity index (χ1) is 7.04. The number of rotatable bonds is 3. The van der Waals surface area contributed by atoms with Crippen LogP contribution in [-0.4, -0.2) is 11.9 Å². The second kappa shape index (κ2) is 5.07. The zero-order chi connectivity index (χ0) is 11.4. The van der Waals surface area contributed by atoms with E-state index in [0.717, 1.165) is 0 Å². The Bertz CT molecular complexity index is 392. The summed E-state index contributed by atoms with van der Waals surface area (Å²) in [4.78, 5) is 11.5. The molecule has 0 spiro atoms. The van der Waals surface area contributed by atoms with Gasteiger partial charge in [-0.05, 0) is 41.1 Å². The highest BCUT2D eigenvalue weighted by atomic mass is 79.9. The summed E-state index contributed by atoms with van der Waals surface area (Å²) >= 11 is 3.02. The molecule has 1 N–H and O–H groups in total. The lowest BCUT2D eigenvalue weighted by Crippen LogP contribution is -2.30.